The van der Waals surface area contributed by atoms with Crippen molar-refractivity contribution in [1.82, 2.24) is 0 Å². The van der Waals surface area contributed by atoms with Crippen LogP contribution in [0.15, 0.2) is 48.5 Å². The van der Waals surface area contributed by atoms with Gasteiger partial charge in [0.15, 0.2) is 0 Å². The lowest BCUT2D eigenvalue weighted by atomic mass is 9.95. The van der Waals surface area contributed by atoms with Gasteiger partial charge in [-0.2, -0.15) is 0 Å². The van der Waals surface area contributed by atoms with E-state index in [1.807, 2.05) is 18.2 Å². The summed E-state index contributed by atoms with van der Waals surface area (Å²) in [6.45, 7) is 6.15. The topological polar surface area (TPSA) is 106 Å². The molecule has 1 aliphatic carbocycles. The zero-order valence-electron chi connectivity index (χ0n) is 22.0. The van der Waals surface area contributed by atoms with Crippen LogP contribution in [0, 0.1) is 10.1 Å². The Morgan fingerprint density at radius 2 is 1.85 bits per heavy atom. The van der Waals surface area contributed by atoms with Gasteiger partial charge >= 0.3 is 5.97 Å². The molecule has 3 aromatic rings. The quantitative estimate of drug-likeness (QED) is 0.251. The normalized spacial score (nSPS) is 15.5. The third kappa shape index (κ3) is 5.97. The molecule has 10 heteroatoms. The van der Waals surface area contributed by atoms with E-state index >= 15 is 0 Å². The number of rotatable bonds is 8. The molecule has 2 aromatic carbocycles. The number of nitro benzene ring substituents is 1. The standard InChI is InChI=1S/C29H32N4O5S/c1-2-38-29(35)26-22-10-6-7-11-25(22)39-28(26)30-27(34)23-18-21(33(36)37)12-13-24(23)32-16-14-31(15-17-32)19-20-8-4-3-5-9-20/h3-5,8-9,12-13,18H,2,6-7,10-11,14-17,19H2,1H3,(H,30,34)/p+1. The molecule has 5 rings (SSSR count). The first kappa shape index (κ1) is 26.8. The number of aryl methyl sites for hydroxylation is 1. The number of amides is 1. The average molecular weight is 550 g/mol. The summed E-state index contributed by atoms with van der Waals surface area (Å²) in [7, 11) is 0. The van der Waals surface area contributed by atoms with Crippen molar-refractivity contribution in [2.24, 2.45) is 0 Å². The van der Waals surface area contributed by atoms with E-state index in [9.17, 15) is 19.7 Å². The molecule has 204 valence electrons. The predicted molar refractivity (Wildman–Crippen MR) is 151 cm³/mol. The third-order valence-corrected chi connectivity index (χ3v) is 8.63. The van der Waals surface area contributed by atoms with Crippen molar-refractivity contribution in [2.45, 2.75) is 39.2 Å². The summed E-state index contributed by atoms with van der Waals surface area (Å²) >= 11 is 1.41. The van der Waals surface area contributed by atoms with Crippen LogP contribution < -0.4 is 15.1 Å². The summed E-state index contributed by atoms with van der Waals surface area (Å²) < 4.78 is 5.32. The van der Waals surface area contributed by atoms with Crippen molar-refractivity contribution in [3.63, 3.8) is 0 Å². The van der Waals surface area contributed by atoms with Gasteiger partial charge in [-0.1, -0.05) is 30.3 Å². The number of hydrogen-bond acceptors (Lipinski definition) is 7. The van der Waals surface area contributed by atoms with E-state index in [0.29, 0.717) is 16.3 Å². The Labute approximate surface area is 231 Å². The molecule has 2 N–H and O–H groups in total. The molecule has 0 spiro atoms. The minimum atomic E-state index is -0.490. The highest BCUT2D eigenvalue weighted by Gasteiger charge is 2.30. The highest BCUT2D eigenvalue weighted by molar-refractivity contribution is 7.17. The molecule has 1 aromatic heterocycles. The number of carbonyl (C=O) groups is 2. The van der Waals surface area contributed by atoms with E-state index in [-0.39, 0.29) is 17.9 Å². The summed E-state index contributed by atoms with van der Waals surface area (Å²) in [4.78, 5) is 42.3. The Morgan fingerprint density at radius 3 is 2.56 bits per heavy atom. The molecular weight excluding hydrogens is 516 g/mol. The van der Waals surface area contributed by atoms with Gasteiger partial charge in [0.2, 0.25) is 0 Å². The smallest absolute Gasteiger partial charge is 0.341 e. The van der Waals surface area contributed by atoms with E-state index < -0.39 is 16.8 Å². The highest BCUT2D eigenvalue weighted by atomic mass is 32.1. The second-order valence-electron chi connectivity index (χ2n) is 9.95. The zero-order chi connectivity index (χ0) is 27.4. The van der Waals surface area contributed by atoms with Crippen molar-refractivity contribution in [2.75, 3.05) is 43.0 Å². The molecule has 0 unspecified atom stereocenters. The molecule has 0 saturated carbocycles. The fraction of sp³-hybridized carbons (Fsp3) is 0.379. The summed E-state index contributed by atoms with van der Waals surface area (Å²) in [6, 6.07) is 14.8. The maximum atomic E-state index is 13.7. The van der Waals surface area contributed by atoms with Crippen LogP contribution in [0.2, 0.25) is 0 Å². The Balaban J connectivity index is 1.39. The molecule has 1 fully saturated rings. The van der Waals surface area contributed by atoms with E-state index in [2.05, 4.69) is 22.3 Å². The molecule has 1 aliphatic heterocycles. The van der Waals surface area contributed by atoms with Gasteiger partial charge in [0.1, 0.15) is 11.5 Å². The molecule has 2 aliphatic rings. The first-order valence-corrected chi connectivity index (χ1v) is 14.3. The molecule has 9 nitrogen and oxygen atoms in total. The zero-order valence-corrected chi connectivity index (χ0v) is 22.9. The van der Waals surface area contributed by atoms with E-state index in [4.69, 9.17) is 4.74 Å². The molecule has 1 amide bonds. The van der Waals surface area contributed by atoms with Crippen LogP contribution >= 0.6 is 11.3 Å². The fourth-order valence-corrected chi connectivity index (χ4v) is 6.74. The van der Waals surface area contributed by atoms with Crippen molar-refractivity contribution in [3.05, 3.63) is 85.8 Å². The van der Waals surface area contributed by atoms with Gasteiger partial charge in [0.05, 0.1) is 54.5 Å². The van der Waals surface area contributed by atoms with Gasteiger partial charge in [-0.05, 0) is 44.2 Å². The number of nitrogens with zero attached hydrogens (tertiary/aromatic N) is 2. The summed E-state index contributed by atoms with van der Waals surface area (Å²) in [5.41, 5.74) is 3.42. The molecular formula is C29H33N4O5S+. The predicted octanol–water partition coefficient (Wildman–Crippen LogP) is 3.87. The SMILES string of the molecule is CCOC(=O)c1c(NC(=O)c2cc([N+](=O)[O-])ccc2N2CC[NH+](Cc3ccccc3)CC2)sc2c1CCCC2. The van der Waals surface area contributed by atoms with Gasteiger partial charge in [-0.15, -0.1) is 11.3 Å². The van der Waals surface area contributed by atoms with Crippen LogP contribution in [0.4, 0.5) is 16.4 Å². The number of quaternary nitrogens is 1. The number of esters is 1. The van der Waals surface area contributed by atoms with Gasteiger partial charge < -0.3 is 19.9 Å². The third-order valence-electron chi connectivity index (χ3n) is 7.42. The lowest BCUT2D eigenvalue weighted by Gasteiger charge is -2.34. The van der Waals surface area contributed by atoms with Gasteiger partial charge in [0.25, 0.3) is 11.6 Å². The number of anilines is 2. The summed E-state index contributed by atoms with van der Waals surface area (Å²) in [5.74, 6) is -0.902. The molecule has 0 radical (unpaired) electrons. The summed E-state index contributed by atoms with van der Waals surface area (Å²) in [5, 5.41) is 15.0. The first-order valence-electron chi connectivity index (χ1n) is 13.5. The van der Waals surface area contributed by atoms with Gasteiger partial charge in [0, 0.05) is 22.6 Å². The molecule has 0 bridgehead atoms. The van der Waals surface area contributed by atoms with Crippen molar-refractivity contribution >= 4 is 39.6 Å². The van der Waals surface area contributed by atoms with Crippen molar-refractivity contribution in [1.29, 1.82) is 0 Å². The van der Waals surface area contributed by atoms with Crippen LogP contribution in [0.1, 0.15) is 56.5 Å². The molecule has 1 saturated heterocycles. The second kappa shape index (κ2) is 12.0. The first-order chi connectivity index (χ1) is 18.9. The van der Waals surface area contributed by atoms with Crippen molar-refractivity contribution in [3.8, 4) is 0 Å². The van der Waals surface area contributed by atoms with Crippen molar-refractivity contribution < 1.29 is 24.1 Å². The minimum absolute atomic E-state index is 0.145. The Hall–Kier alpha value is -3.76. The van der Waals surface area contributed by atoms with Crippen LogP contribution in [-0.2, 0) is 24.1 Å². The lowest BCUT2D eigenvalue weighted by Crippen LogP contribution is -3.13. The number of nitrogens with one attached hydrogen (secondary N) is 2. The minimum Gasteiger partial charge on any atom is -0.462 e. The maximum Gasteiger partial charge on any atom is 0.341 e. The number of ether oxygens (including phenoxy) is 1. The van der Waals surface area contributed by atoms with Crippen LogP contribution in [-0.4, -0.2) is 49.6 Å². The van der Waals surface area contributed by atoms with E-state index in [1.54, 1.807) is 13.0 Å². The summed E-state index contributed by atoms with van der Waals surface area (Å²) in [6.07, 6.45) is 3.65. The number of non-ortho nitro benzene ring substituents is 1. The lowest BCUT2D eigenvalue weighted by molar-refractivity contribution is -0.914. The highest BCUT2D eigenvalue weighted by Crippen LogP contribution is 2.39. The Bertz CT molecular complexity index is 1370. The number of piperazine rings is 1. The van der Waals surface area contributed by atoms with E-state index in [1.165, 1.54) is 33.9 Å². The van der Waals surface area contributed by atoms with Gasteiger partial charge in [-0.3, -0.25) is 14.9 Å². The van der Waals surface area contributed by atoms with E-state index in [0.717, 1.165) is 68.8 Å². The van der Waals surface area contributed by atoms with Crippen LogP contribution in [0.25, 0.3) is 0 Å². The molecule has 2 heterocycles. The second-order valence-corrected chi connectivity index (χ2v) is 11.1. The number of benzene rings is 2. The maximum absolute atomic E-state index is 13.7. The Morgan fingerprint density at radius 1 is 1.10 bits per heavy atom. The average Bonchev–Trinajstić information content (AvgIpc) is 3.31. The molecule has 39 heavy (non-hydrogen) atoms. The number of hydrogen-bond donors (Lipinski definition) is 2. The number of carbonyl (C=O) groups excluding carboxylic acids is 2. The Kier molecular flexibility index (Phi) is 8.23. The molecule has 0 atom stereocenters. The number of thiophene rings is 1. The van der Waals surface area contributed by atoms with Crippen LogP contribution in [0.3, 0.4) is 0 Å². The monoisotopic (exact) mass is 549 g/mol. The number of nitro groups is 1. The van der Waals surface area contributed by atoms with Gasteiger partial charge in [-0.25, -0.2) is 4.79 Å². The number of fused-ring (bicyclic) bond motifs is 1. The largest absolute Gasteiger partial charge is 0.462 e. The van der Waals surface area contributed by atoms with Crippen LogP contribution in [0.5, 0.6) is 0 Å². The fourth-order valence-electron chi connectivity index (χ4n) is 5.46.